The molecule has 0 aliphatic heterocycles. The molecular formula is C13H7ClF4S. The predicted octanol–water partition coefficient (Wildman–Crippen LogP) is 5.65. The molecule has 0 amide bonds. The van der Waals surface area contributed by atoms with Crippen molar-refractivity contribution in [2.24, 2.45) is 0 Å². The normalized spacial score (nSPS) is 11.6. The average molecular weight is 307 g/mol. The van der Waals surface area contributed by atoms with Crippen molar-refractivity contribution < 1.29 is 17.6 Å². The van der Waals surface area contributed by atoms with Crippen LogP contribution in [0, 0.1) is 5.82 Å². The molecule has 0 unspecified atom stereocenters. The molecule has 2 aromatic rings. The number of rotatable bonds is 2. The summed E-state index contributed by atoms with van der Waals surface area (Å²) in [5.74, 6) is -1.29. The highest BCUT2D eigenvalue weighted by Gasteiger charge is 2.37. The van der Waals surface area contributed by atoms with E-state index in [2.05, 4.69) is 0 Å². The molecule has 0 saturated carbocycles. The Hall–Kier alpha value is -1.20. The molecular weight excluding hydrogens is 300 g/mol. The molecule has 100 valence electrons. The number of hydrogen-bond acceptors (Lipinski definition) is 1. The van der Waals surface area contributed by atoms with E-state index in [9.17, 15) is 17.6 Å². The lowest BCUT2D eigenvalue weighted by molar-refractivity contribution is -0.142. The second-order valence-corrected chi connectivity index (χ2v) is 5.13. The predicted molar refractivity (Wildman–Crippen MR) is 67.0 cm³/mol. The van der Waals surface area contributed by atoms with E-state index in [-0.39, 0.29) is 4.90 Å². The van der Waals surface area contributed by atoms with Crippen molar-refractivity contribution in [3.05, 3.63) is 58.9 Å². The Morgan fingerprint density at radius 1 is 0.895 bits per heavy atom. The van der Waals surface area contributed by atoms with Crippen molar-refractivity contribution in [1.82, 2.24) is 0 Å². The molecule has 0 atom stereocenters. The second kappa shape index (κ2) is 5.43. The van der Waals surface area contributed by atoms with Gasteiger partial charge in [0.2, 0.25) is 0 Å². The zero-order valence-electron chi connectivity index (χ0n) is 9.34. The molecule has 0 radical (unpaired) electrons. The Kier molecular flexibility index (Phi) is 4.06. The quantitative estimate of drug-likeness (QED) is 0.646. The largest absolute Gasteiger partial charge is 0.420 e. The van der Waals surface area contributed by atoms with Crippen molar-refractivity contribution in [3.8, 4) is 0 Å². The molecule has 19 heavy (non-hydrogen) atoms. The lowest BCUT2D eigenvalue weighted by atomic mass is 10.2. The molecule has 0 aliphatic rings. The van der Waals surface area contributed by atoms with Crippen LogP contribution in [0.25, 0.3) is 0 Å². The Bertz CT molecular complexity index is 595. The maximum Gasteiger partial charge on any atom is 0.420 e. The molecule has 0 nitrogen and oxygen atoms in total. The summed E-state index contributed by atoms with van der Waals surface area (Å²) in [5, 5.41) is 0.324. The summed E-state index contributed by atoms with van der Waals surface area (Å²) >= 11 is 6.67. The van der Waals surface area contributed by atoms with Gasteiger partial charge in [0.25, 0.3) is 0 Å². The SMILES string of the molecule is Fc1cccc(Sc2ccccc2Cl)c1C(F)(F)F. The van der Waals surface area contributed by atoms with Crippen molar-refractivity contribution in [3.63, 3.8) is 0 Å². The van der Waals surface area contributed by atoms with Gasteiger partial charge in [-0.15, -0.1) is 0 Å². The van der Waals surface area contributed by atoms with E-state index < -0.39 is 17.6 Å². The zero-order chi connectivity index (χ0) is 14.0. The highest BCUT2D eigenvalue weighted by Crippen LogP contribution is 2.42. The van der Waals surface area contributed by atoms with Gasteiger partial charge < -0.3 is 0 Å². The average Bonchev–Trinajstić information content (AvgIpc) is 2.30. The van der Waals surface area contributed by atoms with Crippen LogP contribution in [-0.2, 0) is 6.18 Å². The molecule has 2 aromatic carbocycles. The fraction of sp³-hybridized carbons (Fsp3) is 0.0769. The van der Waals surface area contributed by atoms with Crippen LogP contribution in [0.15, 0.2) is 52.3 Å². The molecule has 0 fully saturated rings. The van der Waals surface area contributed by atoms with Crippen molar-refractivity contribution in [1.29, 1.82) is 0 Å². The molecule has 0 heterocycles. The van der Waals surface area contributed by atoms with E-state index in [1.54, 1.807) is 24.3 Å². The van der Waals surface area contributed by atoms with Crippen molar-refractivity contribution >= 4 is 23.4 Å². The monoisotopic (exact) mass is 306 g/mol. The van der Waals surface area contributed by atoms with E-state index in [0.717, 1.165) is 17.8 Å². The number of alkyl halides is 3. The van der Waals surface area contributed by atoms with Gasteiger partial charge in [0.1, 0.15) is 11.4 Å². The first kappa shape index (κ1) is 14.2. The minimum absolute atomic E-state index is 0.208. The van der Waals surface area contributed by atoms with Gasteiger partial charge >= 0.3 is 6.18 Å². The van der Waals surface area contributed by atoms with Gasteiger partial charge in [0, 0.05) is 9.79 Å². The summed E-state index contributed by atoms with van der Waals surface area (Å²) in [4.78, 5) is 0.237. The van der Waals surface area contributed by atoms with Crippen LogP contribution in [-0.4, -0.2) is 0 Å². The minimum Gasteiger partial charge on any atom is -0.206 e. The smallest absolute Gasteiger partial charge is 0.206 e. The molecule has 6 heteroatoms. The van der Waals surface area contributed by atoms with E-state index in [4.69, 9.17) is 11.6 Å². The Labute approximate surface area is 116 Å². The summed E-state index contributed by atoms with van der Waals surface area (Å²) < 4.78 is 51.9. The van der Waals surface area contributed by atoms with E-state index >= 15 is 0 Å². The molecule has 2 rings (SSSR count). The van der Waals surface area contributed by atoms with E-state index in [1.807, 2.05) is 0 Å². The number of benzene rings is 2. The van der Waals surface area contributed by atoms with Crippen LogP contribution in [0.2, 0.25) is 5.02 Å². The summed E-state index contributed by atoms with van der Waals surface area (Å²) in [5.41, 5.74) is -1.26. The maximum atomic E-state index is 13.4. The van der Waals surface area contributed by atoms with Gasteiger partial charge in [-0.05, 0) is 24.3 Å². The highest BCUT2D eigenvalue weighted by molar-refractivity contribution is 7.99. The standard InChI is InChI=1S/C13H7ClF4S/c14-8-4-1-2-6-10(8)19-11-7-3-5-9(15)12(11)13(16,17)18/h1-7H. The summed E-state index contributed by atoms with van der Waals surface area (Å²) in [6, 6.07) is 9.72. The van der Waals surface area contributed by atoms with E-state index in [1.165, 1.54) is 12.1 Å². The van der Waals surface area contributed by atoms with Crippen LogP contribution in [0.1, 0.15) is 5.56 Å². The molecule has 0 saturated heterocycles. The third-order valence-electron chi connectivity index (χ3n) is 2.32. The fourth-order valence-electron chi connectivity index (χ4n) is 1.51. The van der Waals surface area contributed by atoms with Crippen LogP contribution in [0.3, 0.4) is 0 Å². The number of hydrogen-bond donors (Lipinski definition) is 0. The number of halogens is 5. The summed E-state index contributed by atoms with van der Waals surface area (Å²) in [6.07, 6.45) is -4.74. The first-order chi connectivity index (χ1) is 8.89. The van der Waals surface area contributed by atoms with Gasteiger partial charge in [0.15, 0.2) is 0 Å². The zero-order valence-corrected chi connectivity index (χ0v) is 10.9. The van der Waals surface area contributed by atoms with Gasteiger partial charge in [-0.2, -0.15) is 13.2 Å². The van der Waals surface area contributed by atoms with Gasteiger partial charge in [-0.1, -0.05) is 41.6 Å². The first-order valence-electron chi connectivity index (χ1n) is 5.17. The van der Waals surface area contributed by atoms with Crippen molar-refractivity contribution in [2.45, 2.75) is 16.0 Å². The third-order valence-corrected chi connectivity index (χ3v) is 3.89. The highest BCUT2D eigenvalue weighted by atomic mass is 35.5. The molecule has 0 spiro atoms. The van der Waals surface area contributed by atoms with Crippen molar-refractivity contribution in [2.75, 3.05) is 0 Å². The van der Waals surface area contributed by atoms with Crippen LogP contribution in [0.4, 0.5) is 17.6 Å². The molecule has 0 aliphatic carbocycles. The maximum absolute atomic E-state index is 13.4. The Balaban J connectivity index is 2.47. The van der Waals surface area contributed by atoms with Crippen LogP contribution >= 0.6 is 23.4 Å². The minimum atomic E-state index is -4.74. The van der Waals surface area contributed by atoms with Gasteiger partial charge in [0.05, 0.1) is 5.02 Å². The lowest BCUT2D eigenvalue weighted by Gasteiger charge is -2.13. The first-order valence-corrected chi connectivity index (χ1v) is 6.37. The second-order valence-electron chi connectivity index (χ2n) is 3.64. The fourth-order valence-corrected chi connectivity index (χ4v) is 2.77. The van der Waals surface area contributed by atoms with Crippen LogP contribution < -0.4 is 0 Å². The molecule has 0 aromatic heterocycles. The third kappa shape index (κ3) is 3.22. The summed E-state index contributed by atoms with van der Waals surface area (Å²) in [6.45, 7) is 0. The van der Waals surface area contributed by atoms with Gasteiger partial charge in [-0.25, -0.2) is 4.39 Å². The van der Waals surface area contributed by atoms with Gasteiger partial charge in [-0.3, -0.25) is 0 Å². The van der Waals surface area contributed by atoms with Crippen LogP contribution in [0.5, 0.6) is 0 Å². The Morgan fingerprint density at radius 3 is 2.16 bits per heavy atom. The Morgan fingerprint density at radius 2 is 1.53 bits per heavy atom. The topological polar surface area (TPSA) is 0 Å². The lowest BCUT2D eigenvalue weighted by Crippen LogP contribution is -2.09. The molecule has 0 N–H and O–H groups in total. The molecule has 0 bridgehead atoms. The summed E-state index contributed by atoms with van der Waals surface area (Å²) in [7, 11) is 0. The van der Waals surface area contributed by atoms with E-state index in [0.29, 0.717) is 9.92 Å².